The highest BCUT2D eigenvalue weighted by molar-refractivity contribution is 7.15. The van der Waals surface area contributed by atoms with Gasteiger partial charge in [0, 0.05) is 23.1 Å². The number of carboxylic acid groups (broad SMARTS) is 1. The Morgan fingerprint density at radius 1 is 1.06 bits per heavy atom. The molecule has 32 heavy (non-hydrogen) atoms. The average molecular weight is 458 g/mol. The van der Waals surface area contributed by atoms with Crippen molar-refractivity contribution in [1.29, 1.82) is 0 Å². The molecule has 174 valence electrons. The van der Waals surface area contributed by atoms with Crippen molar-refractivity contribution < 1.29 is 19.4 Å². The van der Waals surface area contributed by atoms with Crippen LogP contribution in [0, 0.1) is 19.3 Å². The van der Waals surface area contributed by atoms with Crippen molar-refractivity contribution in [3.05, 3.63) is 64.8 Å². The number of hydrogen-bond donors (Lipinski definition) is 2. The standard InChI is InChI=1S/C20H17NO4S.3C2H6/c1-4-5-15(25-3)10-11-17(22)21-19-18(20(23)24)16(12-26-19)14-8-6-13(2)7-9-14;3*1-2/h1,5-12H,2-3H3,(H,21,22)(H,23,24);3*1-2H3/b11-10+,15-5-;;;. The minimum atomic E-state index is -1.11. The second-order valence-electron chi connectivity index (χ2n) is 5.26. The number of aryl methyl sites for hydroxylation is 1. The lowest BCUT2D eigenvalue weighted by molar-refractivity contribution is -0.111. The van der Waals surface area contributed by atoms with E-state index in [9.17, 15) is 14.7 Å². The van der Waals surface area contributed by atoms with Gasteiger partial charge in [0.25, 0.3) is 0 Å². The fourth-order valence-electron chi connectivity index (χ4n) is 2.18. The van der Waals surface area contributed by atoms with E-state index >= 15 is 0 Å². The first kappa shape index (κ1) is 30.9. The molecule has 2 rings (SSSR count). The highest BCUT2D eigenvalue weighted by Gasteiger charge is 2.20. The van der Waals surface area contributed by atoms with Crippen LogP contribution < -0.4 is 5.32 Å². The van der Waals surface area contributed by atoms with Crippen molar-refractivity contribution >= 4 is 28.2 Å². The summed E-state index contributed by atoms with van der Waals surface area (Å²) in [6.07, 6.45) is 9.15. The molecule has 0 saturated heterocycles. The van der Waals surface area contributed by atoms with Gasteiger partial charge in [-0.25, -0.2) is 4.79 Å². The molecule has 6 heteroatoms. The van der Waals surface area contributed by atoms with E-state index in [2.05, 4.69) is 11.2 Å². The molecule has 1 aromatic heterocycles. The molecule has 1 aromatic carbocycles. The molecular weight excluding hydrogens is 422 g/mol. The molecule has 1 amide bonds. The third-order valence-corrected chi connectivity index (χ3v) is 4.36. The molecule has 0 fully saturated rings. The summed E-state index contributed by atoms with van der Waals surface area (Å²) in [5.41, 5.74) is 2.48. The highest BCUT2D eigenvalue weighted by atomic mass is 32.1. The molecule has 0 aliphatic carbocycles. The Kier molecular flexibility index (Phi) is 17.8. The average Bonchev–Trinajstić information content (AvgIpc) is 3.24. The zero-order valence-corrected chi connectivity index (χ0v) is 21.1. The normalized spacial score (nSPS) is 9.66. The fraction of sp³-hybridized carbons (Fsp3) is 0.308. The number of methoxy groups -OCH3 is 1. The van der Waals surface area contributed by atoms with Crippen LogP contribution in [-0.2, 0) is 9.53 Å². The van der Waals surface area contributed by atoms with Gasteiger partial charge in [-0.2, -0.15) is 0 Å². The number of thiophene rings is 1. The Morgan fingerprint density at radius 2 is 1.62 bits per heavy atom. The Hall–Kier alpha value is -3.30. The molecule has 0 bridgehead atoms. The molecule has 0 spiro atoms. The van der Waals surface area contributed by atoms with Gasteiger partial charge < -0.3 is 15.2 Å². The number of carbonyl (C=O) groups excluding carboxylic acids is 1. The predicted octanol–water partition coefficient (Wildman–Crippen LogP) is 7.16. The van der Waals surface area contributed by atoms with Gasteiger partial charge in [-0.1, -0.05) is 77.3 Å². The Morgan fingerprint density at radius 3 is 2.09 bits per heavy atom. The van der Waals surface area contributed by atoms with Gasteiger partial charge in [-0.05, 0) is 18.6 Å². The molecule has 1 heterocycles. The lowest BCUT2D eigenvalue weighted by Gasteiger charge is -2.05. The first-order valence-corrected chi connectivity index (χ1v) is 11.5. The van der Waals surface area contributed by atoms with Crippen LogP contribution in [0.2, 0.25) is 0 Å². The van der Waals surface area contributed by atoms with E-state index in [1.165, 1.54) is 25.3 Å². The predicted molar refractivity (Wildman–Crippen MR) is 137 cm³/mol. The van der Waals surface area contributed by atoms with Crippen LogP contribution in [0.15, 0.2) is 53.6 Å². The molecule has 2 N–H and O–H groups in total. The van der Waals surface area contributed by atoms with Crippen LogP contribution in [0.25, 0.3) is 11.1 Å². The number of amides is 1. The van der Waals surface area contributed by atoms with Crippen molar-refractivity contribution in [2.24, 2.45) is 0 Å². The molecule has 0 aliphatic heterocycles. The van der Waals surface area contributed by atoms with Crippen LogP contribution >= 0.6 is 11.3 Å². The van der Waals surface area contributed by atoms with Crippen LogP contribution in [0.5, 0.6) is 0 Å². The fourth-order valence-corrected chi connectivity index (χ4v) is 3.14. The third kappa shape index (κ3) is 10.1. The number of anilines is 1. The summed E-state index contributed by atoms with van der Waals surface area (Å²) >= 11 is 1.16. The Balaban J connectivity index is 0. The number of nitrogens with one attached hydrogen (secondary N) is 1. The molecule has 0 unspecified atom stereocenters. The van der Waals surface area contributed by atoms with E-state index in [1.807, 2.05) is 72.7 Å². The first-order chi connectivity index (χ1) is 15.5. The lowest BCUT2D eigenvalue weighted by Crippen LogP contribution is -2.10. The maximum atomic E-state index is 12.1. The molecule has 2 aromatic rings. The summed E-state index contributed by atoms with van der Waals surface area (Å²) in [5.74, 6) is 1.05. The van der Waals surface area contributed by atoms with Gasteiger partial charge in [0.15, 0.2) is 0 Å². The van der Waals surface area contributed by atoms with Gasteiger partial charge in [0.2, 0.25) is 5.91 Å². The molecule has 0 atom stereocenters. The summed E-state index contributed by atoms with van der Waals surface area (Å²) in [4.78, 5) is 23.8. The van der Waals surface area contributed by atoms with Crippen molar-refractivity contribution in [2.45, 2.75) is 48.5 Å². The van der Waals surface area contributed by atoms with Crippen molar-refractivity contribution in [3.63, 3.8) is 0 Å². The molecule has 0 radical (unpaired) electrons. The molecular formula is C26H35NO4S. The largest absolute Gasteiger partial charge is 0.496 e. The monoisotopic (exact) mass is 457 g/mol. The van der Waals surface area contributed by atoms with E-state index in [4.69, 9.17) is 11.2 Å². The lowest BCUT2D eigenvalue weighted by atomic mass is 10.0. The maximum Gasteiger partial charge on any atom is 0.339 e. The molecule has 5 nitrogen and oxygen atoms in total. The highest BCUT2D eigenvalue weighted by Crippen LogP contribution is 2.35. The minimum Gasteiger partial charge on any atom is -0.496 e. The van der Waals surface area contributed by atoms with Gasteiger partial charge >= 0.3 is 5.97 Å². The number of terminal acetylenes is 1. The summed E-state index contributed by atoms with van der Waals surface area (Å²) < 4.78 is 4.99. The van der Waals surface area contributed by atoms with Crippen LogP contribution in [0.3, 0.4) is 0 Å². The van der Waals surface area contributed by atoms with Crippen molar-refractivity contribution in [1.82, 2.24) is 0 Å². The molecule has 0 saturated carbocycles. The quantitative estimate of drug-likeness (QED) is 0.209. The van der Waals surface area contributed by atoms with Crippen LogP contribution in [0.4, 0.5) is 5.00 Å². The number of allylic oxidation sites excluding steroid dienone is 2. The van der Waals surface area contributed by atoms with Gasteiger partial charge in [0.05, 0.1) is 7.11 Å². The number of hydrogen-bond acceptors (Lipinski definition) is 4. The van der Waals surface area contributed by atoms with E-state index in [-0.39, 0.29) is 10.6 Å². The van der Waals surface area contributed by atoms with E-state index in [0.717, 1.165) is 22.5 Å². The van der Waals surface area contributed by atoms with Crippen molar-refractivity contribution in [3.8, 4) is 23.5 Å². The number of ether oxygens (including phenoxy) is 1. The summed E-state index contributed by atoms with van der Waals surface area (Å²) in [6, 6.07) is 7.52. The maximum absolute atomic E-state index is 12.1. The number of benzene rings is 1. The van der Waals surface area contributed by atoms with Crippen LogP contribution in [-0.4, -0.2) is 24.1 Å². The SMILES string of the molecule is C#C/C=C(/C=C/C(=O)Nc1scc(-c2ccc(C)cc2)c1C(=O)O)OC.CC.CC.CC. The second kappa shape index (κ2) is 18.5. The summed E-state index contributed by atoms with van der Waals surface area (Å²) in [5, 5.41) is 14.1. The molecule has 0 aliphatic rings. The zero-order valence-electron chi connectivity index (χ0n) is 20.3. The van der Waals surface area contributed by atoms with Gasteiger partial charge in [-0.3, -0.25) is 4.79 Å². The number of carbonyl (C=O) groups is 2. The Bertz CT molecular complexity index is 916. The van der Waals surface area contributed by atoms with E-state index < -0.39 is 11.9 Å². The van der Waals surface area contributed by atoms with E-state index in [1.54, 1.807) is 5.38 Å². The van der Waals surface area contributed by atoms with Gasteiger partial charge in [-0.15, -0.1) is 17.8 Å². The number of aromatic carboxylic acids is 1. The number of rotatable bonds is 6. The number of carboxylic acids is 1. The van der Waals surface area contributed by atoms with E-state index in [0.29, 0.717) is 11.3 Å². The minimum absolute atomic E-state index is 0.0618. The van der Waals surface area contributed by atoms with Crippen molar-refractivity contribution in [2.75, 3.05) is 12.4 Å². The van der Waals surface area contributed by atoms with Crippen LogP contribution in [0.1, 0.15) is 57.5 Å². The smallest absolute Gasteiger partial charge is 0.339 e. The zero-order chi connectivity index (χ0) is 25.1. The first-order valence-electron chi connectivity index (χ1n) is 10.6. The topological polar surface area (TPSA) is 75.6 Å². The second-order valence-corrected chi connectivity index (χ2v) is 6.14. The van der Waals surface area contributed by atoms with Gasteiger partial charge in [0.1, 0.15) is 16.3 Å². The third-order valence-electron chi connectivity index (χ3n) is 3.46. The summed E-state index contributed by atoms with van der Waals surface area (Å²) in [6.45, 7) is 14.0. The summed E-state index contributed by atoms with van der Waals surface area (Å²) in [7, 11) is 1.43. The Labute approximate surface area is 196 Å².